The smallest absolute Gasteiger partial charge is 0.179 e. The second-order valence-electron chi connectivity index (χ2n) is 4.94. The van der Waals surface area contributed by atoms with Gasteiger partial charge in [-0.2, -0.15) is 0 Å². The number of likely N-dealkylation sites (N-methyl/N-ethyl adjacent to an activating group) is 1. The Labute approximate surface area is 114 Å². The van der Waals surface area contributed by atoms with Gasteiger partial charge < -0.3 is 14.5 Å². The molecule has 1 heterocycles. The second kappa shape index (κ2) is 6.29. The van der Waals surface area contributed by atoms with Crippen molar-refractivity contribution in [3.63, 3.8) is 0 Å². The summed E-state index contributed by atoms with van der Waals surface area (Å²) in [4.78, 5) is 12.1. The highest BCUT2D eigenvalue weighted by atomic mass is 32.1. The number of hydrogen-bond donors (Lipinski definition) is 1. The number of nitrogens with zero attached hydrogens (tertiary/aromatic N) is 2. The number of hydrogen-bond acceptors (Lipinski definition) is 3. The van der Waals surface area contributed by atoms with Gasteiger partial charge in [0.2, 0.25) is 0 Å². The number of nitrogens with one attached hydrogen (secondary N) is 1. The Morgan fingerprint density at radius 3 is 2.44 bits per heavy atom. The first kappa shape index (κ1) is 15.1. The van der Waals surface area contributed by atoms with Gasteiger partial charge in [0.1, 0.15) is 0 Å². The largest absolute Gasteiger partial charge is 0.327 e. The van der Waals surface area contributed by atoms with Gasteiger partial charge in [-0.25, -0.2) is 0 Å². The predicted molar refractivity (Wildman–Crippen MR) is 76.2 cm³/mol. The standard InChI is InChI=1S/C13H23N3OS/c1-6-14-11(12(17)9(2)3)7-10-8-15(4)13(18)16(10)5/h8-9,11,14H,6-7H2,1-5H3. The maximum Gasteiger partial charge on any atom is 0.179 e. The molecule has 102 valence electrons. The van der Waals surface area contributed by atoms with Gasteiger partial charge >= 0.3 is 0 Å². The lowest BCUT2D eigenvalue weighted by Gasteiger charge is -2.18. The Hall–Kier alpha value is -0.940. The van der Waals surface area contributed by atoms with Gasteiger partial charge in [-0.05, 0) is 18.8 Å². The highest BCUT2D eigenvalue weighted by molar-refractivity contribution is 7.71. The molecule has 0 aromatic carbocycles. The van der Waals surface area contributed by atoms with E-state index in [0.717, 1.165) is 17.0 Å². The minimum Gasteiger partial charge on any atom is -0.327 e. The summed E-state index contributed by atoms with van der Waals surface area (Å²) < 4.78 is 4.65. The summed E-state index contributed by atoms with van der Waals surface area (Å²) in [5, 5.41) is 3.26. The number of imidazole rings is 1. The molecule has 0 aliphatic heterocycles. The van der Waals surface area contributed by atoms with Gasteiger partial charge in [-0.3, -0.25) is 4.79 Å². The van der Waals surface area contributed by atoms with Crippen LogP contribution in [-0.2, 0) is 25.3 Å². The Morgan fingerprint density at radius 2 is 2.06 bits per heavy atom. The van der Waals surface area contributed by atoms with E-state index in [2.05, 4.69) is 5.32 Å². The van der Waals surface area contributed by atoms with E-state index in [1.165, 1.54) is 0 Å². The fourth-order valence-corrected chi connectivity index (χ4v) is 2.22. The maximum absolute atomic E-state index is 12.1. The van der Waals surface area contributed by atoms with E-state index in [1.807, 2.05) is 50.2 Å². The van der Waals surface area contributed by atoms with E-state index in [0.29, 0.717) is 6.42 Å². The maximum atomic E-state index is 12.1. The van der Waals surface area contributed by atoms with Gasteiger partial charge in [0, 0.05) is 38.3 Å². The molecule has 1 aromatic heterocycles. The molecule has 1 atom stereocenters. The van der Waals surface area contributed by atoms with Crippen molar-refractivity contribution in [1.82, 2.24) is 14.5 Å². The minimum atomic E-state index is -0.127. The first-order valence-corrected chi connectivity index (χ1v) is 6.77. The van der Waals surface area contributed by atoms with Gasteiger partial charge in [0.15, 0.2) is 10.6 Å². The van der Waals surface area contributed by atoms with Crippen LogP contribution in [0.2, 0.25) is 0 Å². The molecule has 0 fully saturated rings. The molecule has 0 saturated heterocycles. The van der Waals surface area contributed by atoms with Crippen molar-refractivity contribution in [2.24, 2.45) is 20.0 Å². The van der Waals surface area contributed by atoms with Gasteiger partial charge in [-0.1, -0.05) is 20.8 Å². The Kier molecular flexibility index (Phi) is 5.28. The summed E-state index contributed by atoms with van der Waals surface area (Å²) in [7, 11) is 3.87. The molecule has 0 radical (unpaired) electrons. The van der Waals surface area contributed by atoms with Crippen LogP contribution in [-0.4, -0.2) is 27.5 Å². The highest BCUT2D eigenvalue weighted by Gasteiger charge is 2.21. The number of aryl methyl sites for hydroxylation is 1. The Balaban J connectivity index is 2.93. The first-order valence-electron chi connectivity index (χ1n) is 6.36. The van der Waals surface area contributed by atoms with Crippen LogP contribution in [0.1, 0.15) is 26.5 Å². The molecule has 1 rings (SSSR count). The molecule has 5 heteroatoms. The van der Waals surface area contributed by atoms with E-state index >= 15 is 0 Å². The Bertz CT molecular complexity index is 473. The molecule has 1 unspecified atom stereocenters. The third-order valence-corrected chi connectivity index (χ3v) is 3.70. The van der Waals surface area contributed by atoms with Crippen LogP contribution in [0.15, 0.2) is 6.20 Å². The molecule has 0 aliphatic carbocycles. The molecule has 0 spiro atoms. The zero-order valence-electron chi connectivity index (χ0n) is 11.9. The fraction of sp³-hybridized carbons (Fsp3) is 0.692. The molecule has 1 aromatic rings. The van der Waals surface area contributed by atoms with Crippen LogP contribution in [0.5, 0.6) is 0 Å². The van der Waals surface area contributed by atoms with Crippen molar-refractivity contribution in [2.45, 2.75) is 33.2 Å². The number of Topliss-reactive ketones (excluding diaryl/α,β-unsaturated/α-hetero) is 1. The van der Waals surface area contributed by atoms with Crippen LogP contribution in [0.25, 0.3) is 0 Å². The number of carbonyl (C=O) groups excluding carboxylic acids is 1. The first-order chi connectivity index (χ1) is 8.38. The molecular weight excluding hydrogens is 246 g/mol. The van der Waals surface area contributed by atoms with Crippen LogP contribution in [0.3, 0.4) is 0 Å². The summed E-state index contributed by atoms with van der Waals surface area (Å²) in [6.45, 7) is 6.69. The lowest BCUT2D eigenvalue weighted by molar-refractivity contribution is -0.123. The van der Waals surface area contributed by atoms with E-state index in [4.69, 9.17) is 12.2 Å². The lowest BCUT2D eigenvalue weighted by atomic mass is 9.98. The summed E-state index contributed by atoms with van der Waals surface area (Å²) >= 11 is 5.27. The average Bonchev–Trinajstić information content (AvgIpc) is 2.55. The number of carbonyl (C=O) groups is 1. The van der Waals surface area contributed by atoms with Gasteiger partial charge in [0.05, 0.1) is 6.04 Å². The lowest BCUT2D eigenvalue weighted by Crippen LogP contribution is -2.41. The molecule has 1 N–H and O–H groups in total. The number of aromatic nitrogens is 2. The molecule has 0 saturated carbocycles. The minimum absolute atomic E-state index is 0.0473. The van der Waals surface area contributed by atoms with Crippen molar-refractivity contribution in [3.8, 4) is 0 Å². The molecule has 0 aliphatic rings. The molecule has 4 nitrogen and oxygen atoms in total. The number of ketones is 1. The van der Waals surface area contributed by atoms with Crippen molar-refractivity contribution in [1.29, 1.82) is 0 Å². The summed E-state index contributed by atoms with van der Waals surface area (Å²) in [5.74, 6) is 0.303. The van der Waals surface area contributed by atoms with E-state index in [1.54, 1.807) is 0 Å². The van der Waals surface area contributed by atoms with Crippen molar-refractivity contribution in [3.05, 3.63) is 16.7 Å². The fourth-order valence-electron chi connectivity index (χ4n) is 2.05. The summed E-state index contributed by atoms with van der Waals surface area (Å²) in [6, 6.07) is -0.127. The molecule has 0 amide bonds. The second-order valence-corrected chi connectivity index (χ2v) is 5.31. The highest BCUT2D eigenvalue weighted by Crippen LogP contribution is 2.09. The zero-order valence-corrected chi connectivity index (χ0v) is 12.7. The Morgan fingerprint density at radius 1 is 1.44 bits per heavy atom. The summed E-state index contributed by atoms with van der Waals surface area (Å²) in [5.41, 5.74) is 1.09. The van der Waals surface area contributed by atoms with Gasteiger partial charge in [0.25, 0.3) is 0 Å². The predicted octanol–water partition coefficient (Wildman–Crippen LogP) is 1.84. The monoisotopic (exact) mass is 269 g/mol. The summed E-state index contributed by atoms with van der Waals surface area (Å²) in [6.07, 6.45) is 2.69. The van der Waals surface area contributed by atoms with Gasteiger partial charge in [-0.15, -0.1) is 0 Å². The van der Waals surface area contributed by atoms with Crippen LogP contribution in [0.4, 0.5) is 0 Å². The topological polar surface area (TPSA) is 39.0 Å². The quantitative estimate of drug-likeness (QED) is 0.801. The molecule has 18 heavy (non-hydrogen) atoms. The SMILES string of the molecule is CCNC(Cc1cn(C)c(=S)n1C)C(=O)C(C)C. The van der Waals surface area contributed by atoms with Crippen molar-refractivity contribution < 1.29 is 4.79 Å². The van der Waals surface area contributed by atoms with E-state index < -0.39 is 0 Å². The van der Waals surface area contributed by atoms with Crippen LogP contribution >= 0.6 is 12.2 Å². The molecular formula is C13H23N3OS. The normalized spacial score (nSPS) is 13.0. The molecule has 0 bridgehead atoms. The average molecular weight is 269 g/mol. The number of rotatable bonds is 6. The zero-order chi connectivity index (χ0) is 13.9. The third kappa shape index (κ3) is 3.29. The van der Waals surface area contributed by atoms with Crippen LogP contribution in [0, 0.1) is 10.7 Å². The third-order valence-electron chi connectivity index (χ3n) is 3.14. The van der Waals surface area contributed by atoms with Crippen molar-refractivity contribution in [2.75, 3.05) is 6.54 Å². The van der Waals surface area contributed by atoms with Crippen LogP contribution < -0.4 is 5.32 Å². The van der Waals surface area contributed by atoms with E-state index in [9.17, 15) is 4.79 Å². The van der Waals surface area contributed by atoms with E-state index in [-0.39, 0.29) is 17.7 Å². The van der Waals surface area contributed by atoms with Crippen molar-refractivity contribution >= 4 is 18.0 Å².